The standard InChI is InChI=1S/C47H30S/c1-29-31-17-5-7-19-33(31)44(34-20-8-6-18-32(29)34)39-25-14-28-42-46(39)41-27-13-26-40(47(41)48-42)45-37-23-11-9-21-35(37)43(30-15-3-2-4-16-30)36-22-10-12-24-38(36)45/h2-28H,1H3. The molecule has 224 valence electrons. The smallest absolute Gasteiger partial charge is 0.0434 e. The fraction of sp³-hybridized carbons (Fsp3) is 0.0213. The first kappa shape index (κ1) is 27.4. The van der Waals surface area contributed by atoms with Crippen molar-refractivity contribution in [3.63, 3.8) is 0 Å². The maximum atomic E-state index is 2.34. The third kappa shape index (κ3) is 3.89. The van der Waals surface area contributed by atoms with Gasteiger partial charge in [-0.15, -0.1) is 11.3 Å². The molecule has 0 saturated carbocycles. The average molecular weight is 627 g/mol. The van der Waals surface area contributed by atoms with Crippen molar-refractivity contribution >= 4 is 74.6 Å². The lowest BCUT2D eigenvalue weighted by Crippen LogP contribution is -1.91. The van der Waals surface area contributed by atoms with Gasteiger partial charge >= 0.3 is 0 Å². The van der Waals surface area contributed by atoms with E-state index in [4.69, 9.17) is 0 Å². The summed E-state index contributed by atoms with van der Waals surface area (Å²) in [5.41, 5.74) is 9.12. The van der Waals surface area contributed by atoms with Gasteiger partial charge in [0.15, 0.2) is 0 Å². The Kier molecular flexibility index (Phi) is 6.06. The molecule has 0 aliphatic heterocycles. The molecule has 1 aromatic heterocycles. The molecule has 0 amide bonds. The van der Waals surface area contributed by atoms with Crippen molar-refractivity contribution in [1.29, 1.82) is 0 Å². The summed E-state index contributed by atoms with van der Waals surface area (Å²) < 4.78 is 2.65. The molecule has 10 aromatic rings. The highest BCUT2D eigenvalue weighted by Gasteiger charge is 2.21. The van der Waals surface area contributed by atoms with Crippen molar-refractivity contribution < 1.29 is 0 Å². The zero-order chi connectivity index (χ0) is 31.8. The van der Waals surface area contributed by atoms with E-state index < -0.39 is 0 Å². The minimum Gasteiger partial charge on any atom is -0.135 e. The number of hydrogen-bond acceptors (Lipinski definition) is 1. The topological polar surface area (TPSA) is 0 Å². The molecule has 0 nitrogen and oxygen atoms in total. The van der Waals surface area contributed by atoms with Gasteiger partial charge in [-0.05, 0) is 89.5 Å². The van der Waals surface area contributed by atoms with Crippen molar-refractivity contribution in [2.45, 2.75) is 6.92 Å². The Morgan fingerprint density at radius 3 is 1.33 bits per heavy atom. The molecule has 10 rings (SSSR count). The van der Waals surface area contributed by atoms with Crippen LogP contribution in [0, 0.1) is 6.92 Å². The van der Waals surface area contributed by atoms with Crippen molar-refractivity contribution in [1.82, 2.24) is 0 Å². The lowest BCUT2D eigenvalue weighted by atomic mass is 9.85. The molecule has 0 aliphatic rings. The molecular formula is C47H30S. The van der Waals surface area contributed by atoms with Crippen molar-refractivity contribution in [2.75, 3.05) is 0 Å². The monoisotopic (exact) mass is 626 g/mol. The van der Waals surface area contributed by atoms with E-state index in [-0.39, 0.29) is 0 Å². The highest BCUT2D eigenvalue weighted by Crippen LogP contribution is 2.50. The van der Waals surface area contributed by atoms with Gasteiger partial charge in [0.25, 0.3) is 0 Å². The largest absolute Gasteiger partial charge is 0.135 e. The van der Waals surface area contributed by atoms with Gasteiger partial charge in [-0.2, -0.15) is 0 Å². The van der Waals surface area contributed by atoms with Crippen molar-refractivity contribution in [2.24, 2.45) is 0 Å². The molecular weight excluding hydrogens is 597 g/mol. The van der Waals surface area contributed by atoms with Crippen molar-refractivity contribution in [3.8, 4) is 33.4 Å². The summed E-state index contributed by atoms with van der Waals surface area (Å²) in [7, 11) is 0. The van der Waals surface area contributed by atoms with Gasteiger partial charge < -0.3 is 0 Å². The maximum Gasteiger partial charge on any atom is 0.0434 e. The van der Waals surface area contributed by atoms with Crippen LogP contribution in [-0.4, -0.2) is 0 Å². The van der Waals surface area contributed by atoms with E-state index in [1.807, 2.05) is 11.3 Å². The predicted molar refractivity (Wildman–Crippen MR) is 210 cm³/mol. The van der Waals surface area contributed by atoms with Crippen LogP contribution in [0.15, 0.2) is 164 Å². The fourth-order valence-corrected chi connectivity index (χ4v) is 9.47. The Bertz CT molecular complexity index is 2780. The lowest BCUT2D eigenvalue weighted by molar-refractivity contribution is 1.58. The molecule has 0 atom stereocenters. The van der Waals surface area contributed by atoms with Gasteiger partial charge in [0.2, 0.25) is 0 Å². The molecule has 1 heteroatoms. The van der Waals surface area contributed by atoms with Crippen LogP contribution in [0.25, 0.3) is 96.6 Å². The van der Waals surface area contributed by atoms with Crippen LogP contribution in [0.4, 0.5) is 0 Å². The first-order valence-electron chi connectivity index (χ1n) is 16.6. The van der Waals surface area contributed by atoms with E-state index >= 15 is 0 Å². The summed E-state index contributed by atoms with van der Waals surface area (Å²) in [4.78, 5) is 0. The first-order chi connectivity index (χ1) is 23.8. The molecule has 0 unspecified atom stereocenters. The second-order valence-electron chi connectivity index (χ2n) is 12.8. The Labute approximate surface area is 283 Å². The van der Waals surface area contributed by atoms with Gasteiger partial charge in [0.1, 0.15) is 0 Å². The van der Waals surface area contributed by atoms with E-state index in [2.05, 4.69) is 171 Å². The van der Waals surface area contributed by atoms with E-state index in [0.29, 0.717) is 0 Å². The molecule has 48 heavy (non-hydrogen) atoms. The molecule has 1 heterocycles. The maximum absolute atomic E-state index is 2.34. The zero-order valence-electron chi connectivity index (χ0n) is 26.5. The van der Waals surface area contributed by atoms with E-state index in [1.165, 1.54) is 102 Å². The van der Waals surface area contributed by atoms with Crippen LogP contribution >= 0.6 is 11.3 Å². The normalized spacial score (nSPS) is 11.9. The summed E-state index contributed by atoms with van der Waals surface area (Å²) in [5, 5.41) is 13.1. The zero-order valence-corrected chi connectivity index (χ0v) is 27.3. The number of aryl methyl sites for hydroxylation is 1. The molecule has 0 bridgehead atoms. The number of rotatable bonds is 3. The minimum atomic E-state index is 1.25. The van der Waals surface area contributed by atoms with Gasteiger partial charge in [-0.1, -0.05) is 158 Å². The highest BCUT2D eigenvalue weighted by atomic mass is 32.1. The Hall–Kier alpha value is -5.76. The molecule has 0 aliphatic carbocycles. The van der Waals surface area contributed by atoms with Crippen LogP contribution in [0.5, 0.6) is 0 Å². The van der Waals surface area contributed by atoms with Crippen molar-refractivity contribution in [3.05, 3.63) is 169 Å². The van der Waals surface area contributed by atoms with E-state index in [1.54, 1.807) is 0 Å². The highest BCUT2D eigenvalue weighted by molar-refractivity contribution is 7.26. The van der Waals surface area contributed by atoms with Gasteiger partial charge in [0, 0.05) is 25.7 Å². The fourth-order valence-electron chi connectivity index (χ4n) is 8.22. The molecule has 0 fully saturated rings. The molecule has 0 radical (unpaired) electrons. The van der Waals surface area contributed by atoms with Gasteiger partial charge in [-0.25, -0.2) is 0 Å². The van der Waals surface area contributed by atoms with Crippen LogP contribution in [0.2, 0.25) is 0 Å². The third-order valence-electron chi connectivity index (χ3n) is 10.3. The molecule has 0 spiro atoms. The number of benzene rings is 9. The quantitative estimate of drug-likeness (QED) is 0.171. The number of fused-ring (bicyclic) bond motifs is 7. The van der Waals surface area contributed by atoms with E-state index in [9.17, 15) is 0 Å². The summed E-state index contributed by atoms with van der Waals surface area (Å²) >= 11 is 1.92. The molecule has 0 saturated heterocycles. The SMILES string of the molecule is Cc1c2ccccc2c(-c2cccc3sc4c(-c5c6ccccc6c(-c6ccccc6)c6ccccc56)cccc4c23)c2ccccc12. The van der Waals surface area contributed by atoms with Crippen LogP contribution in [-0.2, 0) is 0 Å². The lowest BCUT2D eigenvalue weighted by Gasteiger charge is -2.18. The van der Waals surface area contributed by atoms with Gasteiger partial charge in [-0.3, -0.25) is 0 Å². The predicted octanol–water partition coefficient (Wildman–Crippen LogP) is 14.0. The summed E-state index contributed by atoms with van der Waals surface area (Å²) in [6.45, 7) is 2.26. The average Bonchev–Trinajstić information content (AvgIpc) is 3.54. The second-order valence-corrected chi connectivity index (χ2v) is 13.8. The Balaban J connectivity index is 1.33. The van der Waals surface area contributed by atoms with Gasteiger partial charge in [0.05, 0.1) is 0 Å². The molecule has 0 N–H and O–H groups in total. The number of thiophene rings is 1. The van der Waals surface area contributed by atoms with Crippen LogP contribution < -0.4 is 0 Å². The number of hydrogen-bond donors (Lipinski definition) is 0. The summed E-state index contributed by atoms with van der Waals surface area (Å²) in [6.07, 6.45) is 0. The molecule has 9 aromatic carbocycles. The Morgan fingerprint density at radius 2 is 0.750 bits per heavy atom. The Morgan fingerprint density at radius 1 is 0.333 bits per heavy atom. The van der Waals surface area contributed by atoms with Crippen LogP contribution in [0.1, 0.15) is 5.56 Å². The first-order valence-corrected chi connectivity index (χ1v) is 17.4. The van der Waals surface area contributed by atoms with Crippen LogP contribution in [0.3, 0.4) is 0 Å². The third-order valence-corrected chi connectivity index (χ3v) is 11.5. The summed E-state index contributed by atoms with van der Waals surface area (Å²) in [5.74, 6) is 0. The second kappa shape index (κ2) is 10.6. The summed E-state index contributed by atoms with van der Waals surface area (Å²) in [6, 6.07) is 60.5. The minimum absolute atomic E-state index is 1.25. The van der Waals surface area contributed by atoms with E-state index in [0.717, 1.165) is 0 Å².